The number of aryl methyl sites for hydroxylation is 1. The number of nitrogens with one attached hydrogen (secondary N) is 1. The van der Waals surface area contributed by atoms with Crippen LogP contribution in [0.25, 0.3) is 0 Å². The van der Waals surface area contributed by atoms with E-state index < -0.39 is 0 Å². The summed E-state index contributed by atoms with van der Waals surface area (Å²) in [6, 6.07) is 0.637. The molecule has 1 N–H and O–H groups in total. The number of imidazole rings is 1. The third-order valence-corrected chi connectivity index (χ3v) is 3.36. The number of aromatic nitrogens is 2. The Morgan fingerprint density at radius 1 is 1.54 bits per heavy atom. The maximum atomic E-state index is 5.27. The van der Waals surface area contributed by atoms with Crippen molar-refractivity contribution in [1.82, 2.24) is 9.55 Å². The molecule has 0 bridgehead atoms. The average molecular weight is 196 g/mol. The van der Waals surface area contributed by atoms with E-state index in [1.807, 2.05) is 0 Å². The van der Waals surface area contributed by atoms with E-state index in [0.717, 1.165) is 10.7 Å². The van der Waals surface area contributed by atoms with Gasteiger partial charge in [-0.1, -0.05) is 13.3 Å². The van der Waals surface area contributed by atoms with E-state index >= 15 is 0 Å². The minimum atomic E-state index is 0.637. The van der Waals surface area contributed by atoms with Crippen LogP contribution in [0.2, 0.25) is 0 Å². The first-order valence-electron chi connectivity index (χ1n) is 4.96. The lowest BCUT2D eigenvalue weighted by atomic mass is 10.1. The molecule has 1 heterocycles. The molecular formula is C10H16N2S. The van der Waals surface area contributed by atoms with Crippen LogP contribution in [0.15, 0.2) is 6.20 Å². The molecule has 0 radical (unpaired) electrons. The molecule has 2 nitrogen and oxygen atoms in total. The monoisotopic (exact) mass is 196 g/mol. The molecule has 1 aliphatic carbocycles. The molecule has 2 unspecified atom stereocenters. The van der Waals surface area contributed by atoms with Crippen molar-refractivity contribution in [3.05, 3.63) is 16.7 Å². The van der Waals surface area contributed by atoms with Gasteiger partial charge < -0.3 is 9.55 Å². The van der Waals surface area contributed by atoms with Gasteiger partial charge in [-0.05, 0) is 37.9 Å². The summed E-state index contributed by atoms with van der Waals surface area (Å²) in [6.45, 7) is 4.38. The highest BCUT2D eigenvalue weighted by molar-refractivity contribution is 7.71. The summed E-state index contributed by atoms with van der Waals surface area (Å²) in [6.07, 6.45) is 6.12. The second-order valence-electron chi connectivity index (χ2n) is 4.13. The molecular weight excluding hydrogens is 180 g/mol. The fourth-order valence-corrected chi connectivity index (χ4v) is 2.67. The van der Waals surface area contributed by atoms with Gasteiger partial charge in [0, 0.05) is 17.9 Å². The number of hydrogen-bond donors (Lipinski definition) is 1. The van der Waals surface area contributed by atoms with Crippen molar-refractivity contribution in [1.29, 1.82) is 0 Å². The van der Waals surface area contributed by atoms with Crippen molar-refractivity contribution in [3.63, 3.8) is 0 Å². The maximum Gasteiger partial charge on any atom is 0.177 e. The molecule has 1 fully saturated rings. The summed E-state index contributed by atoms with van der Waals surface area (Å²) in [7, 11) is 0. The van der Waals surface area contributed by atoms with Gasteiger partial charge in [0.15, 0.2) is 4.77 Å². The Bertz CT molecular complexity index is 350. The second-order valence-corrected chi connectivity index (χ2v) is 4.51. The fraction of sp³-hybridized carbons (Fsp3) is 0.700. The zero-order chi connectivity index (χ0) is 9.42. The molecule has 72 valence electrons. The van der Waals surface area contributed by atoms with E-state index in [-0.39, 0.29) is 0 Å². The Hall–Kier alpha value is -0.570. The van der Waals surface area contributed by atoms with Crippen LogP contribution in [0.3, 0.4) is 0 Å². The number of rotatable bonds is 1. The fourth-order valence-electron chi connectivity index (χ4n) is 2.32. The SMILES string of the molecule is Cc1cn(C2CCCC2C)c(=S)[nH]1. The maximum absolute atomic E-state index is 5.27. The lowest BCUT2D eigenvalue weighted by molar-refractivity contribution is 0.404. The summed E-state index contributed by atoms with van der Waals surface area (Å²) in [5, 5.41) is 0. The molecule has 2 rings (SSSR count). The van der Waals surface area contributed by atoms with Crippen molar-refractivity contribution in [2.45, 2.75) is 39.2 Å². The molecule has 0 spiro atoms. The molecule has 1 saturated carbocycles. The molecule has 0 saturated heterocycles. The van der Waals surface area contributed by atoms with Gasteiger partial charge in [-0.3, -0.25) is 0 Å². The number of aromatic amines is 1. The Morgan fingerprint density at radius 2 is 2.31 bits per heavy atom. The average Bonchev–Trinajstić information content (AvgIpc) is 2.58. The van der Waals surface area contributed by atoms with Gasteiger partial charge in [0.05, 0.1) is 0 Å². The lowest BCUT2D eigenvalue weighted by Crippen LogP contribution is -2.10. The molecule has 1 aromatic heterocycles. The third-order valence-electron chi connectivity index (χ3n) is 3.04. The largest absolute Gasteiger partial charge is 0.335 e. The molecule has 2 atom stereocenters. The van der Waals surface area contributed by atoms with Gasteiger partial charge in [-0.25, -0.2) is 0 Å². The van der Waals surface area contributed by atoms with Gasteiger partial charge in [0.2, 0.25) is 0 Å². The molecule has 0 aliphatic heterocycles. The van der Waals surface area contributed by atoms with Crippen LogP contribution in [0.1, 0.15) is 37.9 Å². The third kappa shape index (κ3) is 1.57. The van der Waals surface area contributed by atoms with Crippen LogP contribution in [-0.2, 0) is 0 Å². The lowest BCUT2D eigenvalue weighted by Gasteiger charge is -2.16. The van der Waals surface area contributed by atoms with E-state index in [1.165, 1.54) is 25.0 Å². The zero-order valence-electron chi connectivity index (χ0n) is 8.21. The first kappa shape index (κ1) is 9.00. The van der Waals surface area contributed by atoms with E-state index in [0.29, 0.717) is 6.04 Å². The summed E-state index contributed by atoms with van der Waals surface area (Å²) in [4.78, 5) is 3.18. The minimum absolute atomic E-state index is 0.637. The highest BCUT2D eigenvalue weighted by Gasteiger charge is 2.25. The van der Waals surface area contributed by atoms with Crippen molar-refractivity contribution in [2.75, 3.05) is 0 Å². The van der Waals surface area contributed by atoms with Crippen molar-refractivity contribution in [2.24, 2.45) is 5.92 Å². The van der Waals surface area contributed by atoms with Gasteiger partial charge >= 0.3 is 0 Å². The molecule has 13 heavy (non-hydrogen) atoms. The molecule has 1 aliphatic rings. The first-order chi connectivity index (χ1) is 6.18. The summed E-state index contributed by atoms with van der Waals surface area (Å²) >= 11 is 5.27. The second kappa shape index (κ2) is 3.29. The highest BCUT2D eigenvalue weighted by atomic mass is 32.1. The van der Waals surface area contributed by atoms with Crippen molar-refractivity contribution < 1.29 is 0 Å². The van der Waals surface area contributed by atoms with Crippen LogP contribution in [0, 0.1) is 17.6 Å². The minimum Gasteiger partial charge on any atom is -0.335 e. The van der Waals surface area contributed by atoms with Crippen LogP contribution in [0.5, 0.6) is 0 Å². The predicted molar refractivity (Wildman–Crippen MR) is 56.4 cm³/mol. The first-order valence-corrected chi connectivity index (χ1v) is 5.37. The van der Waals surface area contributed by atoms with Crippen LogP contribution in [0.4, 0.5) is 0 Å². The van der Waals surface area contributed by atoms with Crippen LogP contribution >= 0.6 is 12.2 Å². The van der Waals surface area contributed by atoms with E-state index in [4.69, 9.17) is 12.2 Å². The van der Waals surface area contributed by atoms with Gasteiger partial charge in [-0.2, -0.15) is 0 Å². The molecule has 0 amide bonds. The normalized spacial score (nSPS) is 28.2. The number of H-pyrrole nitrogens is 1. The zero-order valence-corrected chi connectivity index (χ0v) is 9.03. The van der Waals surface area contributed by atoms with Crippen molar-refractivity contribution in [3.8, 4) is 0 Å². The molecule has 0 aromatic carbocycles. The summed E-state index contributed by atoms with van der Waals surface area (Å²) in [5.74, 6) is 0.780. The smallest absolute Gasteiger partial charge is 0.177 e. The van der Waals surface area contributed by atoms with Gasteiger partial charge in [0.25, 0.3) is 0 Å². The topological polar surface area (TPSA) is 20.7 Å². The van der Waals surface area contributed by atoms with E-state index in [1.54, 1.807) is 0 Å². The summed E-state index contributed by atoms with van der Waals surface area (Å²) < 4.78 is 3.12. The molecule has 1 aromatic rings. The molecule has 3 heteroatoms. The Balaban J connectivity index is 2.34. The Kier molecular flexibility index (Phi) is 2.28. The van der Waals surface area contributed by atoms with Gasteiger partial charge in [-0.15, -0.1) is 0 Å². The Morgan fingerprint density at radius 3 is 2.77 bits per heavy atom. The number of nitrogens with zero attached hydrogens (tertiary/aromatic N) is 1. The standard InChI is InChI=1S/C10H16N2S/c1-7-4-3-5-9(7)12-6-8(2)11-10(12)13/h6-7,9H,3-5H2,1-2H3,(H,11,13). The summed E-state index contributed by atoms with van der Waals surface area (Å²) in [5.41, 5.74) is 1.17. The van der Waals surface area contributed by atoms with Gasteiger partial charge in [0.1, 0.15) is 0 Å². The van der Waals surface area contributed by atoms with Crippen LogP contribution < -0.4 is 0 Å². The van der Waals surface area contributed by atoms with E-state index in [9.17, 15) is 0 Å². The predicted octanol–water partition coefficient (Wildman–Crippen LogP) is 3.22. The number of hydrogen-bond acceptors (Lipinski definition) is 1. The quantitative estimate of drug-likeness (QED) is 0.684. The van der Waals surface area contributed by atoms with Crippen LogP contribution in [-0.4, -0.2) is 9.55 Å². The Labute approximate surface area is 84.0 Å². The van der Waals surface area contributed by atoms with Crippen molar-refractivity contribution >= 4 is 12.2 Å². The highest BCUT2D eigenvalue weighted by Crippen LogP contribution is 2.35. The van der Waals surface area contributed by atoms with E-state index in [2.05, 4.69) is 29.6 Å².